The van der Waals surface area contributed by atoms with Crippen LogP contribution in [0.25, 0.3) is 0 Å². The summed E-state index contributed by atoms with van der Waals surface area (Å²) >= 11 is 5.88. The zero-order chi connectivity index (χ0) is 21.5. The largest absolute Gasteiger partial charge is 0.280 e. The van der Waals surface area contributed by atoms with Gasteiger partial charge in [-0.1, -0.05) is 23.7 Å². The third-order valence-electron chi connectivity index (χ3n) is 4.46. The van der Waals surface area contributed by atoms with Crippen LogP contribution in [-0.2, 0) is 16.6 Å². The number of nitrogens with zero attached hydrogens (tertiary/aromatic N) is 2. The Morgan fingerprint density at radius 1 is 1.03 bits per heavy atom. The van der Waals surface area contributed by atoms with E-state index in [2.05, 4.69) is 9.71 Å². The molecule has 1 aliphatic rings. The summed E-state index contributed by atoms with van der Waals surface area (Å²) in [5.41, 5.74) is 0.375. The van der Waals surface area contributed by atoms with Crippen molar-refractivity contribution in [3.8, 4) is 0 Å². The monoisotopic (exact) mass is 445 g/mol. The fourth-order valence-corrected chi connectivity index (χ4v) is 4.58. The number of carbonyl (C=O) groups is 2. The molecule has 30 heavy (non-hydrogen) atoms. The minimum Gasteiger partial charge on any atom is -0.280 e. The van der Waals surface area contributed by atoms with Gasteiger partial charge >= 0.3 is 0 Å². The third-order valence-corrected chi connectivity index (χ3v) is 6.15. The second-order valence-electron chi connectivity index (χ2n) is 6.46. The van der Waals surface area contributed by atoms with Crippen LogP contribution in [0, 0.1) is 5.82 Å². The Hall–Kier alpha value is -3.30. The number of nitrogens with one attached hydrogen (secondary N) is 1. The van der Waals surface area contributed by atoms with Crippen molar-refractivity contribution in [1.29, 1.82) is 0 Å². The van der Waals surface area contributed by atoms with Gasteiger partial charge in [-0.25, -0.2) is 12.8 Å². The van der Waals surface area contributed by atoms with Gasteiger partial charge in [0.05, 0.1) is 22.7 Å². The number of fused-ring (bicyclic) bond motifs is 1. The Morgan fingerprint density at radius 2 is 1.83 bits per heavy atom. The number of imide groups is 1. The lowest BCUT2D eigenvalue weighted by molar-refractivity contribution is 0.0639. The van der Waals surface area contributed by atoms with Gasteiger partial charge in [0.2, 0.25) is 0 Å². The molecule has 1 aromatic heterocycles. The molecule has 7 nitrogen and oxygen atoms in total. The molecule has 2 amide bonds. The van der Waals surface area contributed by atoms with Gasteiger partial charge in [-0.2, -0.15) is 0 Å². The first-order valence-corrected chi connectivity index (χ1v) is 10.5. The van der Waals surface area contributed by atoms with Gasteiger partial charge in [0.1, 0.15) is 11.5 Å². The Kier molecular flexibility index (Phi) is 5.00. The van der Waals surface area contributed by atoms with Crippen molar-refractivity contribution >= 4 is 39.1 Å². The van der Waals surface area contributed by atoms with Crippen LogP contribution in [0.1, 0.15) is 26.4 Å². The van der Waals surface area contributed by atoms with Crippen LogP contribution < -0.4 is 4.72 Å². The third kappa shape index (κ3) is 3.64. The lowest BCUT2D eigenvalue weighted by Gasteiger charge is -2.17. The highest BCUT2D eigenvalue weighted by atomic mass is 35.5. The minimum absolute atomic E-state index is 0.00827. The van der Waals surface area contributed by atoms with Crippen molar-refractivity contribution < 1.29 is 22.4 Å². The Bertz CT molecular complexity index is 1260. The highest BCUT2D eigenvalue weighted by Crippen LogP contribution is 2.27. The van der Waals surface area contributed by atoms with E-state index in [1.54, 1.807) is 12.1 Å². The number of hydrogen-bond acceptors (Lipinski definition) is 5. The maximum atomic E-state index is 13.9. The lowest BCUT2D eigenvalue weighted by atomic mass is 10.2. The van der Waals surface area contributed by atoms with E-state index >= 15 is 0 Å². The Balaban J connectivity index is 1.70. The van der Waals surface area contributed by atoms with Crippen molar-refractivity contribution in [2.45, 2.75) is 11.4 Å². The number of benzene rings is 2. The van der Waals surface area contributed by atoms with Gasteiger partial charge in [-0.3, -0.25) is 24.2 Å². The summed E-state index contributed by atoms with van der Waals surface area (Å²) in [6.45, 7) is -0.361. The van der Waals surface area contributed by atoms with Crippen LogP contribution >= 0.6 is 11.6 Å². The summed E-state index contributed by atoms with van der Waals surface area (Å²) in [6, 6.07) is 12.1. The van der Waals surface area contributed by atoms with Crippen molar-refractivity contribution in [3.05, 3.63) is 88.5 Å². The molecule has 10 heteroatoms. The van der Waals surface area contributed by atoms with Crippen LogP contribution in [0.5, 0.6) is 0 Å². The van der Waals surface area contributed by atoms with Crippen LogP contribution in [0.4, 0.5) is 10.1 Å². The molecule has 3 aromatic rings. The smallest absolute Gasteiger partial charge is 0.280 e. The molecule has 1 aliphatic heterocycles. The van der Waals surface area contributed by atoms with Gasteiger partial charge in [-0.05, 0) is 48.0 Å². The summed E-state index contributed by atoms with van der Waals surface area (Å²) in [5, 5.41) is 0.313. The molecular weight excluding hydrogens is 433 g/mol. The molecule has 1 N–H and O–H groups in total. The standard InChI is InChI=1S/C20H13ClFN3O4S/c21-13-3-1-4-15(9-13)24-30(28,29)17-10-14(22)7-6-12(17)11-25-19(26)16-5-2-8-23-18(16)20(25)27/h1-10,24H,11H2. The van der Waals surface area contributed by atoms with Crippen LogP contribution in [-0.4, -0.2) is 30.1 Å². The molecule has 152 valence electrons. The van der Waals surface area contributed by atoms with E-state index in [-0.39, 0.29) is 29.1 Å². The van der Waals surface area contributed by atoms with E-state index in [1.807, 2.05) is 0 Å². The van der Waals surface area contributed by atoms with Crippen molar-refractivity contribution in [1.82, 2.24) is 9.88 Å². The predicted molar refractivity (Wildman–Crippen MR) is 107 cm³/mol. The minimum atomic E-state index is -4.24. The molecule has 0 saturated heterocycles. The number of carbonyl (C=O) groups excluding carboxylic acids is 2. The average molecular weight is 446 g/mol. The number of rotatable bonds is 5. The molecule has 0 saturated carbocycles. The SMILES string of the molecule is O=C1c2cccnc2C(=O)N1Cc1ccc(F)cc1S(=O)(=O)Nc1cccc(Cl)c1. The van der Waals surface area contributed by atoms with Crippen LogP contribution in [0.2, 0.25) is 5.02 Å². The summed E-state index contributed by atoms with van der Waals surface area (Å²) in [4.78, 5) is 29.5. The molecule has 0 atom stereocenters. The first-order valence-electron chi connectivity index (χ1n) is 8.64. The fourth-order valence-electron chi connectivity index (χ4n) is 3.10. The Morgan fingerprint density at radius 3 is 2.57 bits per heavy atom. The van der Waals surface area contributed by atoms with Gasteiger partial charge in [0.15, 0.2) is 0 Å². The maximum Gasteiger partial charge on any atom is 0.280 e. The molecule has 0 radical (unpaired) electrons. The molecule has 0 aliphatic carbocycles. The summed E-state index contributed by atoms with van der Waals surface area (Å²) < 4.78 is 42.1. The zero-order valence-corrected chi connectivity index (χ0v) is 16.7. The lowest BCUT2D eigenvalue weighted by Crippen LogP contribution is -2.30. The number of anilines is 1. The summed E-state index contributed by atoms with van der Waals surface area (Å²) in [5.74, 6) is -2.03. The molecular formula is C20H13ClFN3O4S. The van der Waals surface area contributed by atoms with Gasteiger partial charge < -0.3 is 0 Å². The van der Waals surface area contributed by atoms with E-state index in [4.69, 9.17) is 11.6 Å². The van der Waals surface area contributed by atoms with Crippen molar-refractivity contribution in [2.75, 3.05) is 4.72 Å². The fraction of sp³-hybridized carbons (Fsp3) is 0.0500. The first kappa shape index (κ1) is 20.0. The maximum absolute atomic E-state index is 13.9. The zero-order valence-electron chi connectivity index (χ0n) is 15.2. The number of pyridine rings is 1. The van der Waals surface area contributed by atoms with Crippen molar-refractivity contribution in [2.24, 2.45) is 0 Å². The van der Waals surface area contributed by atoms with E-state index in [9.17, 15) is 22.4 Å². The second kappa shape index (κ2) is 7.51. The molecule has 0 bridgehead atoms. The highest BCUT2D eigenvalue weighted by Gasteiger charge is 2.37. The van der Waals surface area contributed by atoms with Gasteiger partial charge in [-0.15, -0.1) is 0 Å². The number of sulfonamides is 1. The Labute approximate surface area is 176 Å². The molecule has 2 aromatic carbocycles. The molecule has 0 unspecified atom stereocenters. The van der Waals surface area contributed by atoms with E-state index < -0.39 is 32.6 Å². The summed E-state index contributed by atoms with van der Waals surface area (Å²) in [6.07, 6.45) is 1.39. The van der Waals surface area contributed by atoms with Crippen LogP contribution in [0.3, 0.4) is 0 Å². The number of hydrogen-bond donors (Lipinski definition) is 1. The molecule has 2 heterocycles. The molecule has 0 spiro atoms. The topological polar surface area (TPSA) is 96.4 Å². The molecule has 0 fully saturated rings. The highest BCUT2D eigenvalue weighted by molar-refractivity contribution is 7.92. The normalized spacial score (nSPS) is 13.5. The first-order chi connectivity index (χ1) is 14.3. The van der Waals surface area contributed by atoms with Gasteiger partial charge in [0, 0.05) is 11.2 Å². The van der Waals surface area contributed by atoms with Crippen LogP contribution in [0.15, 0.2) is 65.7 Å². The van der Waals surface area contributed by atoms with Gasteiger partial charge in [0.25, 0.3) is 21.8 Å². The van der Waals surface area contributed by atoms with Crippen molar-refractivity contribution in [3.63, 3.8) is 0 Å². The second-order valence-corrected chi connectivity index (χ2v) is 8.55. The average Bonchev–Trinajstić information content (AvgIpc) is 2.94. The van der Waals surface area contributed by atoms with E-state index in [1.165, 1.54) is 36.5 Å². The summed E-state index contributed by atoms with van der Waals surface area (Å²) in [7, 11) is -4.24. The van der Waals surface area contributed by atoms with E-state index in [0.717, 1.165) is 17.0 Å². The number of amides is 2. The predicted octanol–water partition coefficient (Wildman–Crippen LogP) is 3.47. The number of aromatic nitrogens is 1. The molecule has 4 rings (SSSR count). The van der Waals surface area contributed by atoms with E-state index in [0.29, 0.717) is 5.02 Å². The quantitative estimate of drug-likeness (QED) is 0.606. The number of halogens is 2.